The second kappa shape index (κ2) is 8.90. The molecule has 0 bridgehead atoms. The minimum Gasteiger partial charge on any atom is -0.383 e. The first-order valence-electron chi connectivity index (χ1n) is 8.99. The van der Waals surface area contributed by atoms with Gasteiger partial charge in [-0.1, -0.05) is 23.5 Å². The van der Waals surface area contributed by atoms with Gasteiger partial charge in [-0.2, -0.15) is 4.99 Å². The number of rotatable bonds is 6. The lowest BCUT2D eigenvalue weighted by Gasteiger charge is -2.06. The molecule has 1 N–H and O–H groups in total. The monoisotopic (exact) mass is 447 g/mol. The maximum absolute atomic E-state index is 12.9. The minimum atomic E-state index is -3.58. The van der Waals surface area contributed by atoms with Gasteiger partial charge >= 0.3 is 0 Å². The zero-order valence-electron chi connectivity index (χ0n) is 16.7. The van der Waals surface area contributed by atoms with Crippen LogP contribution in [0.2, 0.25) is 0 Å². The third-order valence-electron chi connectivity index (χ3n) is 4.24. The van der Waals surface area contributed by atoms with Gasteiger partial charge in [-0.25, -0.2) is 8.42 Å². The Morgan fingerprint density at radius 3 is 2.60 bits per heavy atom. The lowest BCUT2D eigenvalue weighted by molar-refractivity contribution is -0.114. The van der Waals surface area contributed by atoms with Gasteiger partial charge in [0.1, 0.15) is 0 Å². The molecule has 1 aromatic heterocycles. The van der Waals surface area contributed by atoms with Crippen molar-refractivity contribution >= 4 is 48.9 Å². The second-order valence-electron chi connectivity index (χ2n) is 6.58. The summed E-state index contributed by atoms with van der Waals surface area (Å²) in [6.07, 6.45) is 1.06. The van der Waals surface area contributed by atoms with Crippen molar-refractivity contribution in [2.45, 2.75) is 18.4 Å². The molecular formula is C20H21N3O5S2. The van der Waals surface area contributed by atoms with Crippen molar-refractivity contribution in [3.8, 4) is 0 Å². The maximum atomic E-state index is 12.9. The first kappa shape index (κ1) is 21.9. The predicted molar refractivity (Wildman–Crippen MR) is 115 cm³/mol. The molecule has 0 saturated heterocycles. The molecule has 3 aromatic rings. The van der Waals surface area contributed by atoms with E-state index in [-0.39, 0.29) is 16.4 Å². The summed E-state index contributed by atoms with van der Waals surface area (Å²) >= 11 is 1.27. The largest absolute Gasteiger partial charge is 0.383 e. The molecule has 1 heterocycles. The molecule has 2 amide bonds. The molecule has 158 valence electrons. The number of thiazole rings is 1. The number of amides is 2. The quantitative estimate of drug-likeness (QED) is 0.625. The van der Waals surface area contributed by atoms with E-state index in [1.165, 1.54) is 30.4 Å². The van der Waals surface area contributed by atoms with Crippen molar-refractivity contribution < 1.29 is 22.7 Å². The normalized spacial score (nSPS) is 12.3. The highest BCUT2D eigenvalue weighted by Gasteiger charge is 2.18. The van der Waals surface area contributed by atoms with Gasteiger partial charge in [-0.15, -0.1) is 0 Å². The van der Waals surface area contributed by atoms with E-state index in [1.807, 2.05) is 10.6 Å². The highest BCUT2D eigenvalue weighted by Crippen LogP contribution is 2.23. The molecule has 0 aliphatic carbocycles. The highest BCUT2D eigenvalue weighted by atomic mass is 32.2. The van der Waals surface area contributed by atoms with Crippen LogP contribution in [0.3, 0.4) is 0 Å². The Labute approximate surface area is 177 Å². The fourth-order valence-corrected chi connectivity index (χ4v) is 4.93. The van der Waals surface area contributed by atoms with Crippen LogP contribution in [0.15, 0.2) is 52.4 Å². The number of carbonyl (C=O) groups excluding carboxylic acids is 2. The molecule has 2 aromatic carbocycles. The standard InChI is InChI=1S/C20H21N3O5S2/c1-13(24)21-14-8-9-16-17(12-14)29-20(23(16)10-11-28-2)22-19(25)15-6-4-5-7-18(15)30(3,26)27/h4-9,12H,10-11H2,1-3H3,(H,21,24). The molecule has 0 saturated carbocycles. The number of hydrogen-bond acceptors (Lipinski definition) is 6. The van der Waals surface area contributed by atoms with Gasteiger partial charge in [0, 0.05) is 32.5 Å². The molecule has 30 heavy (non-hydrogen) atoms. The van der Waals surface area contributed by atoms with Gasteiger partial charge in [0.15, 0.2) is 14.6 Å². The summed E-state index contributed by atoms with van der Waals surface area (Å²) < 4.78 is 31.9. The van der Waals surface area contributed by atoms with Gasteiger partial charge in [0.05, 0.1) is 27.3 Å². The van der Waals surface area contributed by atoms with Gasteiger partial charge in [0.25, 0.3) is 5.91 Å². The Kier molecular flexibility index (Phi) is 6.49. The summed E-state index contributed by atoms with van der Waals surface area (Å²) in [5.74, 6) is -0.827. The topological polar surface area (TPSA) is 107 Å². The summed E-state index contributed by atoms with van der Waals surface area (Å²) in [7, 11) is -2.00. The van der Waals surface area contributed by atoms with Crippen LogP contribution in [0.25, 0.3) is 10.2 Å². The highest BCUT2D eigenvalue weighted by molar-refractivity contribution is 7.90. The van der Waals surface area contributed by atoms with Gasteiger partial charge in [-0.3, -0.25) is 9.59 Å². The molecule has 8 nitrogen and oxygen atoms in total. The molecule has 0 radical (unpaired) electrons. The van der Waals surface area contributed by atoms with Crippen molar-refractivity contribution in [2.75, 3.05) is 25.3 Å². The van der Waals surface area contributed by atoms with Gasteiger partial charge in [-0.05, 0) is 30.3 Å². The molecule has 0 aliphatic rings. The van der Waals surface area contributed by atoms with Crippen LogP contribution in [-0.2, 0) is 25.9 Å². The van der Waals surface area contributed by atoms with Crippen LogP contribution in [0.1, 0.15) is 17.3 Å². The number of hydrogen-bond donors (Lipinski definition) is 1. The number of methoxy groups -OCH3 is 1. The Hall–Kier alpha value is -2.82. The third kappa shape index (κ3) is 4.84. The minimum absolute atomic E-state index is 0.0229. The fraction of sp³-hybridized carbons (Fsp3) is 0.250. The number of benzene rings is 2. The Morgan fingerprint density at radius 2 is 1.93 bits per heavy atom. The van der Waals surface area contributed by atoms with Crippen molar-refractivity contribution in [3.05, 3.63) is 52.8 Å². The van der Waals surface area contributed by atoms with Crippen LogP contribution in [-0.4, -0.2) is 44.8 Å². The van der Waals surface area contributed by atoms with E-state index in [9.17, 15) is 18.0 Å². The number of nitrogens with zero attached hydrogens (tertiary/aromatic N) is 2. The maximum Gasteiger partial charge on any atom is 0.280 e. The van der Waals surface area contributed by atoms with Crippen molar-refractivity contribution in [1.82, 2.24) is 4.57 Å². The van der Waals surface area contributed by atoms with Crippen molar-refractivity contribution in [2.24, 2.45) is 4.99 Å². The Balaban J connectivity index is 2.15. The Bertz CT molecular complexity index is 1290. The number of carbonyl (C=O) groups is 2. The lowest BCUT2D eigenvalue weighted by Crippen LogP contribution is -2.20. The number of anilines is 1. The first-order valence-corrected chi connectivity index (χ1v) is 11.7. The van der Waals surface area contributed by atoms with Crippen LogP contribution in [0.4, 0.5) is 5.69 Å². The fourth-order valence-electron chi connectivity index (χ4n) is 2.95. The molecule has 0 unspecified atom stereocenters. The molecule has 0 spiro atoms. The second-order valence-corrected chi connectivity index (χ2v) is 9.57. The summed E-state index contributed by atoms with van der Waals surface area (Å²) in [6.45, 7) is 2.28. The summed E-state index contributed by atoms with van der Waals surface area (Å²) in [5, 5.41) is 2.73. The Morgan fingerprint density at radius 1 is 1.20 bits per heavy atom. The summed E-state index contributed by atoms with van der Waals surface area (Å²) in [4.78, 5) is 28.8. The molecule has 0 atom stereocenters. The van der Waals surface area contributed by atoms with E-state index in [0.717, 1.165) is 16.5 Å². The van der Waals surface area contributed by atoms with E-state index in [0.29, 0.717) is 23.6 Å². The number of aromatic nitrogens is 1. The first-order chi connectivity index (χ1) is 14.2. The third-order valence-corrected chi connectivity index (χ3v) is 6.43. The molecule has 3 rings (SSSR count). The summed E-state index contributed by atoms with van der Waals surface area (Å²) in [6, 6.07) is 11.4. The average molecular weight is 448 g/mol. The molecule has 0 fully saturated rings. The van der Waals surface area contributed by atoms with E-state index >= 15 is 0 Å². The smallest absolute Gasteiger partial charge is 0.280 e. The number of fused-ring (bicyclic) bond motifs is 1. The van der Waals surface area contributed by atoms with Crippen LogP contribution >= 0.6 is 11.3 Å². The van der Waals surface area contributed by atoms with E-state index in [2.05, 4.69) is 10.3 Å². The van der Waals surface area contributed by atoms with Crippen molar-refractivity contribution in [1.29, 1.82) is 0 Å². The SMILES string of the molecule is COCCn1c(=NC(=O)c2ccccc2S(C)(=O)=O)sc2cc(NC(C)=O)ccc21. The molecular weight excluding hydrogens is 426 g/mol. The van der Waals surface area contributed by atoms with E-state index in [4.69, 9.17) is 4.74 Å². The van der Waals surface area contributed by atoms with Gasteiger partial charge < -0.3 is 14.6 Å². The zero-order chi connectivity index (χ0) is 21.9. The van der Waals surface area contributed by atoms with Crippen LogP contribution in [0.5, 0.6) is 0 Å². The van der Waals surface area contributed by atoms with E-state index < -0.39 is 15.7 Å². The number of nitrogens with one attached hydrogen (secondary N) is 1. The van der Waals surface area contributed by atoms with Gasteiger partial charge in [0.2, 0.25) is 5.91 Å². The van der Waals surface area contributed by atoms with Crippen molar-refractivity contribution in [3.63, 3.8) is 0 Å². The molecule has 0 aliphatic heterocycles. The number of ether oxygens (including phenoxy) is 1. The lowest BCUT2D eigenvalue weighted by atomic mass is 10.2. The van der Waals surface area contributed by atoms with Crippen LogP contribution in [0, 0.1) is 0 Å². The zero-order valence-corrected chi connectivity index (χ0v) is 18.3. The molecule has 10 heteroatoms. The average Bonchev–Trinajstić information content (AvgIpc) is 3.01. The van der Waals surface area contributed by atoms with Crippen LogP contribution < -0.4 is 10.1 Å². The predicted octanol–water partition coefficient (Wildman–Crippen LogP) is 2.45. The van der Waals surface area contributed by atoms with E-state index in [1.54, 1.807) is 31.4 Å². The summed E-state index contributed by atoms with van der Waals surface area (Å²) in [5.41, 5.74) is 1.49. The number of sulfone groups is 1.